The van der Waals surface area contributed by atoms with Crippen molar-refractivity contribution in [3.8, 4) is 11.5 Å². The lowest BCUT2D eigenvalue weighted by atomic mass is 10.2. The van der Waals surface area contributed by atoms with Crippen LogP contribution in [0.1, 0.15) is 26.7 Å². The number of imidazole rings is 1. The number of carbonyl (C=O) groups excluding carboxylic acids is 1. The largest absolute Gasteiger partial charge is 0.395 e. The van der Waals surface area contributed by atoms with Crippen LogP contribution in [0.5, 0.6) is 0 Å². The summed E-state index contributed by atoms with van der Waals surface area (Å²) in [5.41, 5.74) is 3.05. The molecule has 3 heterocycles. The summed E-state index contributed by atoms with van der Waals surface area (Å²) < 4.78 is 5.39. The first-order valence-electron chi connectivity index (χ1n) is 10.4. The van der Waals surface area contributed by atoms with Gasteiger partial charge in [-0.05, 0) is 38.1 Å². The average molecular weight is 415 g/mol. The molecule has 1 aromatic carbocycles. The zero-order chi connectivity index (χ0) is 21.3. The van der Waals surface area contributed by atoms with E-state index in [4.69, 9.17) is 9.84 Å². The Balaban J connectivity index is 0.000000275. The Morgan fingerprint density at radius 1 is 1.33 bits per heavy atom. The van der Waals surface area contributed by atoms with E-state index in [0.717, 1.165) is 43.5 Å². The summed E-state index contributed by atoms with van der Waals surface area (Å²) in [4.78, 5) is 22.1. The molecule has 9 nitrogen and oxygen atoms in total. The Hall–Kier alpha value is -2.75. The SMILES string of the molecule is CCN(CC)CCO.O=C(Nc1cn[nH]c1-c1nc2ccccc2[nH]1)C1CCCO1. The third-order valence-electron chi connectivity index (χ3n) is 5.06. The molecule has 2 aromatic heterocycles. The first-order valence-corrected chi connectivity index (χ1v) is 10.4. The highest BCUT2D eigenvalue weighted by Crippen LogP contribution is 2.26. The number of nitrogens with zero attached hydrogens (tertiary/aromatic N) is 3. The maximum atomic E-state index is 12.2. The standard InChI is InChI=1S/C15H15N5O2.C6H15NO/c21-15(12-6-3-7-22-12)19-11-8-16-20-13(11)14-17-9-4-1-2-5-10(9)18-14;1-3-7(4-2)5-6-8/h1-2,4-5,8,12H,3,6-7H2,(H,16,20)(H,17,18)(H,19,21);8H,3-6H2,1-2H3. The van der Waals surface area contributed by atoms with Gasteiger partial charge in [0.2, 0.25) is 0 Å². The Morgan fingerprint density at radius 2 is 2.13 bits per heavy atom. The second kappa shape index (κ2) is 10.9. The molecule has 9 heteroatoms. The molecule has 30 heavy (non-hydrogen) atoms. The third kappa shape index (κ3) is 5.44. The van der Waals surface area contributed by atoms with E-state index in [1.54, 1.807) is 6.20 Å². The lowest BCUT2D eigenvalue weighted by Gasteiger charge is -2.15. The number of benzene rings is 1. The second-order valence-corrected chi connectivity index (χ2v) is 7.00. The molecule has 0 radical (unpaired) electrons. The number of likely N-dealkylation sites (N-methyl/N-ethyl adjacent to an activating group) is 1. The van der Waals surface area contributed by atoms with E-state index in [2.05, 4.69) is 44.2 Å². The van der Waals surface area contributed by atoms with Gasteiger partial charge in [0.15, 0.2) is 5.82 Å². The van der Waals surface area contributed by atoms with Crippen molar-refractivity contribution in [2.45, 2.75) is 32.8 Å². The zero-order valence-corrected chi connectivity index (χ0v) is 17.5. The maximum Gasteiger partial charge on any atom is 0.253 e. The highest BCUT2D eigenvalue weighted by molar-refractivity contribution is 5.97. The Labute approximate surface area is 175 Å². The summed E-state index contributed by atoms with van der Waals surface area (Å²) in [5, 5.41) is 18.2. The van der Waals surface area contributed by atoms with Crippen LogP contribution in [0, 0.1) is 0 Å². The number of aromatic nitrogens is 4. The molecule has 162 valence electrons. The van der Waals surface area contributed by atoms with Gasteiger partial charge in [-0.15, -0.1) is 0 Å². The van der Waals surface area contributed by atoms with Gasteiger partial charge in [0.05, 0.1) is 29.5 Å². The van der Waals surface area contributed by atoms with E-state index in [0.29, 0.717) is 23.8 Å². The number of fused-ring (bicyclic) bond motifs is 1. The predicted octanol–water partition coefficient (Wildman–Crippen LogP) is 2.39. The number of H-pyrrole nitrogens is 2. The molecule has 1 atom stereocenters. The van der Waals surface area contributed by atoms with Crippen LogP contribution in [0.3, 0.4) is 0 Å². The van der Waals surface area contributed by atoms with Gasteiger partial charge in [0.25, 0.3) is 5.91 Å². The van der Waals surface area contributed by atoms with Crippen molar-refractivity contribution >= 4 is 22.6 Å². The number of aliphatic hydroxyl groups excluding tert-OH is 1. The highest BCUT2D eigenvalue weighted by Gasteiger charge is 2.25. The summed E-state index contributed by atoms with van der Waals surface area (Å²) >= 11 is 0. The molecular formula is C21H30N6O3. The van der Waals surface area contributed by atoms with Crippen molar-refractivity contribution in [3.63, 3.8) is 0 Å². The van der Waals surface area contributed by atoms with Crippen LogP contribution in [0.4, 0.5) is 5.69 Å². The molecule has 1 aliphatic heterocycles. The summed E-state index contributed by atoms with van der Waals surface area (Å²) in [7, 11) is 0. The number of anilines is 1. The number of amides is 1. The number of aromatic amines is 2. The van der Waals surface area contributed by atoms with Gasteiger partial charge in [-0.2, -0.15) is 5.10 Å². The van der Waals surface area contributed by atoms with Gasteiger partial charge >= 0.3 is 0 Å². The van der Waals surface area contributed by atoms with E-state index in [-0.39, 0.29) is 18.6 Å². The van der Waals surface area contributed by atoms with Gasteiger partial charge in [0.1, 0.15) is 11.8 Å². The Bertz CT molecular complexity index is 895. The molecule has 0 saturated carbocycles. The average Bonchev–Trinajstić information content (AvgIpc) is 3.52. The molecule has 3 aromatic rings. The number of aliphatic hydroxyl groups is 1. The quantitative estimate of drug-likeness (QED) is 0.471. The summed E-state index contributed by atoms with van der Waals surface area (Å²) in [6, 6.07) is 7.75. The predicted molar refractivity (Wildman–Crippen MR) is 116 cm³/mol. The van der Waals surface area contributed by atoms with Crippen LogP contribution >= 0.6 is 0 Å². The molecule has 4 rings (SSSR count). The van der Waals surface area contributed by atoms with Crippen LogP contribution in [0.2, 0.25) is 0 Å². The van der Waals surface area contributed by atoms with Crippen LogP contribution in [-0.4, -0.2) is 75.0 Å². The van der Waals surface area contributed by atoms with Gasteiger partial charge in [-0.1, -0.05) is 26.0 Å². The minimum atomic E-state index is -0.376. The Kier molecular flexibility index (Phi) is 7.95. The first-order chi connectivity index (χ1) is 14.7. The summed E-state index contributed by atoms with van der Waals surface area (Å²) in [5.74, 6) is 0.498. The van der Waals surface area contributed by atoms with Crippen LogP contribution < -0.4 is 5.32 Å². The fraction of sp³-hybridized carbons (Fsp3) is 0.476. The molecule has 1 aliphatic rings. The zero-order valence-electron chi connectivity index (χ0n) is 17.5. The van der Waals surface area contributed by atoms with Crippen molar-refractivity contribution in [2.24, 2.45) is 0 Å². The van der Waals surface area contributed by atoms with E-state index in [9.17, 15) is 4.79 Å². The summed E-state index contributed by atoms with van der Waals surface area (Å²) in [6.45, 7) is 8.00. The molecule has 1 fully saturated rings. The monoisotopic (exact) mass is 414 g/mol. The van der Waals surface area contributed by atoms with Crippen molar-refractivity contribution < 1.29 is 14.6 Å². The summed E-state index contributed by atoms with van der Waals surface area (Å²) in [6.07, 6.45) is 2.87. The van der Waals surface area contributed by atoms with Gasteiger partial charge < -0.3 is 25.0 Å². The minimum absolute atomic E-state index is 0.142. The highest BCUT2D eigenvalue weighted by atomic mass is 16.5. The number of para-hydroxylation sites is 2. The van der Waals surface area contributed by atoms with E-state index < -0.39 is 0 Å². The van der Waals surface area contributed by atoms with E-state index in [1.165, 1.54) is 0 Å². The molecule has 1 saturated heterocycles. The molecule has 1 unspecified atom stereocenters. The molecule has 4 N–H and O–H groups in total. The van der Waals surface area contributed by atoms with Crippen LogP contribution in [-0.2, 0) is 9.53 Å². The van der Waals surface area contributed by atoms with Gasteiger partial charge in [-0.25, -0.2) is 4.98 Å². The number of nitrogens with one attached hydrogen (secondary N) is 3. The normalized spacial score (nSPS) is 15.9. The van der Waals surface area contributed by atoms with Crippen molar-refractivity contribution in [1.29, 1.82) is 0 Å². The van der Waals surface area contributed by atoms with Crippen molar-refractivity contribution in [1.82, 2.24) is 25.1 Å². The van der Waals surface area contributed by atoms with E-state index >= 15 is 0 Å². The number of ether oxygens (including phenoxy) is 1. The molecule has 1 amide bonds. The molecular weight excluding hydrogens is 384 g/mol. The lowest BCUT2D eigenvalue weighted by molar-refractivity contribution is -0.124. The topological polar surface area (TPSA) is 119 Å². The first kappa shape index (κ1) is 21.9. The fourth-order valence-electron chi connectivity index (χ4n) is 3.31. The number of rotatable bonds is 7. The van der Waals surface area contributed by atoms with Crippen molar-refractivity contribution in [2.75, 3.05) is 38.2 Å². The lowest BCUT2D eigenvalue weighted by Crippen LogP contribution is -2.26. The second-order valence-electron chi connectivity index (χ2n) is 7.00. The Morgan fingerprint density at radius 3 is 2.77 bits per heavy atom. The molecule has 0 bridgehead atoms. The number of carbonyl (C=O) groups is 1. The maximum absolute atomic E-state index is 12.2. The minimum Gasteiger partial charge on any atom is -0.395 e. The van der Waals surface area contributed by atoms with E-state index in [1.807, 2.05) is 24.3 Å². The number of hydrogen-bond donors (Lipinski definition) is 4. The van der Waals surface area contributed by atoms with Crippen LogP contribution in [0.25, 0.3) is 22.6 Å². The van der Waals surface area contributed by atoms with Gasteiger partial charge in [-0.3, -0.25) is 9.89 Å². The smallest absolute Gasteiger partial charge is 0.253 e. The van der Waals surface area contributed by atoms with Crippen molar-refractivity contribution in [3.05, 3.63) is 30.5 Å². The molecule has 0 spiro atoms. The fourth-order valence-corrected chi connectivity index (χ4v) is 3.31. The van der Waals surface area contributed by atoms with Gasteiger partial charge in [0, 0.05) is 13.2 Å². The number of hydrogen-bond acceptors (Lipinski definition) is 6. The third-order valence-corrected chi connectivity index (χ3v) is 5.06. The molecule has 0 aliphatic carbocycles. The van der Waals surface area contributed by atoms with Crippen LogP contribution in [0.15, 0.2) is 30.5 Å².